The van der Waals surface area contributed by atoms with E-state index in [4.69, 9.17) is 16.6 Å². The molecule has 0 atom stereocenters. The molecule has 0 aliphatic heterocycles. The Labute approximate surface area is 183 Å². The minimum Gasteiger partial charge on any atom is -0.314 e. The highest BCUT2D eigenvalue weighted by Gasteiger charge is 2.13. The van der Waals surface area contributed by atoms with Gasteiger partial charge in [-0.05, 0) is 35.4 Å². The number of hydrogen-bond donors (Lipinski definition) is 1. The van der Waals surface area contributed by atoms with E-state index in [0.29, 0.717) is 11.6 Å². The summed E-state index contributed by atoms with van der Waals surface area (Å²) in [6, 6.07) is 25.4. The van der Waals surface area contributed by atoms with Crippen molar-refractivity contribution in [1.82, 2.24) is 15.0 Å². The van der Waals surface area contributed by atoms with Crippen LogP contribution in [0.1, 0.15) is 11.1 Å². The van der Waals surface area contributed by atoms with Crippen molar-refractivity contribution in [3.63, 3.8) is 0 Å². The number of hydrogen-bond acceptors (Lipinski definition) is 4. The Balaban J connectivity index is 1.43. The molecule has 0 spiro atoms. The molecular weight excluding hydrogens is 416 g/mol. The molecule has 4 rings (SSSR count). The van der Waals surface area contributed by atoms with E-state index < -0.39 is 0 Å². The number of halogens is 1. The lowest BCUT2D eigenvalue weighted by molar-refractivity contribution is -0.118. The van der Waals surface area contributed by atoms with Crippen molar-refractivity contribution in [2.45, 2.75) is 11.7 Å². The fourth-order valence-corrected chi connectivity index (χ4v) is 3.90. The molecule has 5 nitrogen and oxygen atoms in total. The van der Waals surface area contributed by atoms with Crippen LogP contribution >= 0.6 is 23.4 Å². The van der Waals surface area contributed by atoms with Gasteiger partial charge in [-0.1, -0.05) is 78.0 Å². The van der Waals surface area contributed by atoms with E-state index >= 15 is 0 Å². The maximum atomic E-state index is 12.2. The molecule has 1 aromatic heterocycles. The Bertz CT molecular complexity index is 1170. The number of benzene rings is 3. The van der Waals surface area contributed by atoms with Gasteiger partial charge in [-0.2, -0.15) is 5.10 Å². The number of nitrogens with one attached hydrogen (secondary N) is 1. The monoisotopic (exact) mass is 434 g/mol. The van der Waals surface area contributed by atoms with E-state index in [1.807, 2.05) is 54.6 Å². The Morgan fingerprint density at radius 1 is 1.03 bits per heavy atom. The summed E-state index contributed by atoms with van der Waals surface area (Å²) in [5, 5.41) is 5.47. The molecule has 150 valence electrons. The van der Waals surface area contributed by atoms with Crippen molar-refractivity contribution in [3.05, 3.63) is 95.0 Å². The van der Waals surface area contributed by atoms with Crippen molar-refractivity contribution >= 4 is 46.5 Å². The molecular formula is C23H19ClN4OS. The molecule has 1 amide bonds. The molecule has 4 aromatic rings. The molecule has 1 N–H and O–H groups in total. The van der Waals surface area contributed by atoms with E-state index in [1.54, 1.807) is 18.3 Å². The summed E-state index contributed by atoms with van der Waals surface area (Å²) in [4.78, 5) is 17.0. The number of para-hydroxylation sites is 2. The van der Waals surface area contributed by atoms with Crippen LogP contribution in [-0.4, -0.2) is 27.4 Å². The van der Waals surface area contributed by atoms with Gasteiger partial charge in [0, 0.05) is 5.02 Å². The smallest absolute Gasteiger partial charge is 0.250 e. The first kappa shape index (κ1) is 20.2. The van der Waals surface area contributed by atoms with Crippen molar-refractivity contribution in [2.75, 3.05) is 5.75 Å². The Morgan fingerprint density at radius 3 is 2.57 bits per heavy atom. The largest absolute Gasteiger partial charge is 0.314 e. The first-order valence-electron chi connectivity index (χ1n) is 9.38. The van der Waals surface area contributed by atoms with Gasteiger partial charge in [-0.15, -0.1) is 0 Å². The third kappa shape index (κ3) is 5.09. The van der Waals surface area contributed by atoms with E-state index in [9.17, 15) is 4.79 Å². The molecule has 0 aliphatic carbocycles. The number of rotatable bonds is 7. The summed E-state index contributed by atoms with van der Waals surface area (Å²) in [7, 11) is 0. The number of fused-ring (bicyclic) bond motifs is 1. The lowest BCUT2D eigenvalue weighted by Crippen LogP contribution is -2.20. The molecule has 3 aromatic carbocycles. The third-order valence-electron chi connectivity index (χ3n) is 4.41. The minimum absolute atomic E-state index is 0.191. The maximum Gasteiger partial charge on any atom is 0.250 e. The van der Waals surface area contributed by atoms with E-state index in [0.717, 1.165) is 21.8 Å². The standard InChI is InChI=1S/C23H19ClN4OS/c24-19-12-10-17(11-13-19)14-25-27-22(29)16-30-23-26-20-8-4-5-9-21(20)28(23)15-18-6-2-1-3-7-18/h1-14H,15-16H2,(H,27,29)/b25-14-. The fourth-order valence-electron chi connectivity index (χ4n) is 2.97. The van der Waals surface area contributed by atoms with Crippen LogP contribution in [0.5, 0.6) is 0 Å². The van der Waals surface area contributed by atoms with E-state index in [2.05, 4.69) is 27.2 Å². The predicted molar refractivity (Wildman–Crippen MR) is 123 cm³/mol. The molecule has 0 aliphatic rings. The van der Waals surface area contributed by atoms with Gasteiger partial charge in [-0.25, -0.2) is 10.4 Å². The van der Waals surface area contributed by atoms with Crippen molar-refractivity contribution in [1.29, 1.82) is 0 Å². The van der Waals surface area contributed by atoms with Gasteiger partial charge in [0.15, 0.2) is 5.16 Å². The van der Waals surface area contributed by atoms with Crippen LogP contribution in [-0.2, 0) is 11.3 Å². The minimum atomic E-state index is -0.191. The van der Waals surface area contributed by atoms with E-state index in [1.165, 1.54) is 17.3 Å². The van der Waals surface area contributed by atoms with Crippen LogP contribution in [0.15, 0.2) is 89.1 Å². The molecule has 0 saturated carbocycles. The number of thioether (sulfide) groups is 1. The quantitative estimate of drug-likeness (QED) is 0.253. The summed E-state index contributed by atoms with van der Waals surface area (Å²) in [6.45, 7) is 0.694. The summed E-state index contributed by atoms with van der Waals surface area (Å²) in [6.07, 6.45) is 1.59. The SMILES string of the molecule is O=C(CSc1nc2ccccc2n1Cc1ccccc1)N/N=C\c1ccc(Cl)cc1. The van der Waals surface area contributed by atoms with Gasteiger partial charge < -0.3 is 4.57 Å². The summed E-state index contributed by atoms with van der Waals surface area (Å²) >= 11 is 7.26. The van der Waals surface area contributed by atoms with Crippen LogP contribution in [0.4, 0.5) is 0 Å². The molecule has 30 heavy (non-hydrogen) atoms. The number of amides is 1. The topological polar surface area (TPSA) is 59.3 Å². The first-order valence-corrected chi connectivity index (χ1v) is 10.7. The fraction of sp³-hybridized carbons (Fsp3) is 0.0870. The van der Waals surface area contributed by atoms with Crippen LogP contribution in [0.25, 0.3) is 11.0 Å². The van der Waals surface area contributed by atoms with Gasteiger partial charge in [0.05, 0.1) is 29.5 Å². The van der Waals surface area contributed by atoms with E-state index in [-0.39, 0.29) is 11.7 Å². The summed E-state index contributed by atoms with van der Waals surface area (Å²) in [5.41, 5.74) is 6.56. The number of hydrazone groups is 1. The highest BCUT2D eigenvalue weighted by Crippen LogP contribution is 2.25. The highest BCUT2D eigenvalue weighted by atomic mass is 35.5. The molecule has 1 heterocycles. The molecule has 0 saturated heterocycles. The predicted octanol–water partition coefficient (Wildman–Crippen LogP) is 4.98. The van der Waals surface area contributed by atoms with Gasteiger partial charge in [0.2, 0.25) is 0 Å². The highest BCUT2D eigenvalue weighted by molar-refractivity contribution is 7.99. The lowest BCUT2D eigenvalue weighted by Gasteiger charge is -2.09. The maximum absolute atomic E-state index is 12.2. The van der Waals surface area contributed by atoms with Gasteiger partial charge in [0.1, 0.15) is 0 Å². The number of carbonyl (C=O) groups excluding carboxylic acids is 1. The van der Waals surface area contributed by atoms with Crippen LogP contribution in [0, 0.1) is 0 Å². The molecule has 7 heteroatoms. The van der Waals surface area contributed by atoms with Gasteiger partial charge in [-0.3, -0.25) is 4.79 Å². The summed E-state index contributed by atoms with van der Waals surface area (Å²) in [5.74, 6) is 0.0271. The second-order valence-corrected chi connectivity index (χ2v) is 7.97. The Hall–Kier alpha value is -3.09. The second kappa shape index (κ2) is 9.61. The first-order chi connectivity index (χ1) is 14.7. The number of nitrogens with zero attached hydrogens (tertiary/aromatic N) is 3. The average Bonchev–Trinajstić information content (AvgIpc) is 3.12. The molecule has 0 bridgehead atoms. The molecule has 0 radical (unpaired) electrons. The van der Waals surface area contributed by atoms with Gasteiger partial charge in [0.25, 0.3) is 5.91 Å². The summed E-state index contributed by atoms with van der Waals surface area (Å²) < 4.78 is 2.14. The van der Waals surface area contributed by atoms with Crippen LogP contribution < -0.4 is 5.43 Å². The van der Waals surface area contributed by atoms with Gasteiger partial charge >= 0.3 is 0 Å². The average molecular weight is 435 g/mol. The normalized spacial score (nSPS) is 11.2. The zero-order valence-corrected chi connectivity index (χ0v) is 17.6. The molecule has 0 fully saturated rings. The van der Waals surface area contributed by atoms with Crippen molar-refractivity contribution in [2.24, 2.45) is 5.10 Å². The zero-order valence-electron chi connectivity index (χ0n) is 16.0. The van der Waals surface area contributed by atoms with Crippen LogP contribution in [0.2, 0.25) is 5.02 Å². The number of carbonyl (C=O) groups is 1. The Morgan fingerprint density at radius 2 is 1.77 bits per heavy atom. The third-order valence-corrected chi connectivity index (χ3v) is 5.64. The lowest BCUT2D eigenvalue weighted by atomic mass is 10.2. The zero-order chi connectivity index (χ0) is 20.8. The van der Waals surface area contributed by atoms with Crippen LogP contribution in [0.3, 0.4) is 0 Å². The van der Waals surface area contributed by atoms with Crippen molar-refractivity contribution < 1.29 is 4.79 Å². The molecule has 0 unspecified atom stereocenters. The second-order valence-electron chi connectivity index (χ2n) is 6.59. The number of aromatic nitrogens is 2. The van der Waals surface area contributed by atoms with Crippen molar-refractivity contribution in [3.8, 4) is 0 Å². The Kier molecular flexibility index (Phi) is 6.47. The number of imidazole rings is 1.